The van der Waals surface area contributed by atoms with Crippen LogP contribution in [-0.4, -0.2) is 60.4 Å². The first kappa shape index (κ1) is 18.4. The molecular weight excluding hydrogens is 334 g/mol. The number of carbonyl (C=O) groups is 2. The van der Waals surface area contributed by atoms with E-state index < -0.39 is 0 Å². The largest absolute Gasteiger partial charge is 0.342 e. The van der Waals surface area contributed by atoms with Gasteiger partial charge in [0.15, 0.2) is 0 Å². The van der Waals surface area contributed by atoms with E-state index in [2.05, 4.69) is 12.2 Å². The third-order valence-corrected chi connectivity index (χ3v) is 6.22. The summed E-state index contributed by atoms with van der Waals surface area (Å²) in [5.74, 6) is 0.670. The fourth-order valence-corrected chi connectivity index (χ4v) is 4.64. The van der Waals surface area contributed by atoms with Crippen LogP contribution in [0.15, 0.2) is 17.5 Å². The van der Waals surface area contributed by atoms with Gasteiger partial charge < -0.3 is 15.1 Å². The maximum atomic E-state index is 12.8. The van der Waals surface area contributed by atoms with Gasteiger partial charge in [-0.2, -0.15) is 0 Å². The SMILES string of the molecule is CCCN(C(=O)c1cccs1)C1CCN(C(=O)C2CCNCC2)CC1. The van der Waals surface area contributed by atoms with Crippen LogP contribution in [0.4, 0.5) is 0 Å². The lowest BCUT2D eigenvalue weighted by Gasteiger charge is -2.40. The lowest BCUT2D eigenvalue weighted by atomic mass is 9.94. The molecule has 6 heteroatoms. The Morgan fingerprint density at radius 2 is 1.96 bits per heavy atom. The molecule has 0 radical (unpaired) electrons. The monoisotopic (exact) mass is 363 g/mol. The molecule has 138 valence electrons. The van der Waals surface area contributed by atoms with Gasteiger partial charge in [0.25, 0.3) is 5.91 Å². The summed E-state index contributed by atoms with van der Waals surface area (Å²) in [7, 11) is 0. The molecule has 0 spiro atoms. The fraction of sp³-hybridized carbons (Fsp3) is 0.684. The van der Waals surface area contributed by atoms with Crippen molar-refractivity contribution in [1.29, 1.82) is 0 Å². The second kappa shape index (κ2) is 8.81. The van der Waals surface area contributed by atoms with E-state index in [0.717, 1.165) is 69.7 Å². The number of piperidine rings is 2. The Labute approximate surface area is 154 Å². The van der Waals surface area contributed by atoms with Gasteiger partial charge in [-0.1, -0.05) is 13.0 Å². The second-order valence-electron chi connectivity index (χ2n) is 7.06. The van der Waals surface area contributed by atoms with E-state index in [1.54, 1.807) is 0 Å². The number of amides is 2. The molecule has 1 aromatic heterocycles. The fourth-order valence-electron chi connectivity index (χ4n) is 3.96. The van der Waals surface area contributed by atoms with Gasteiger partial charge in [0.1, 0.15) is 0 Å². The molecule has 0 saturated carbocycles. The normalized spacial score (nSPS) is 19.8. The minimum atomic E-state index is 0.153. The molecule has 0 atom stereocenters. The average molecular weight is 364 g/mol. The molecule has 3 heterocycles. The van der Waals surface area contributed by atoms with Crippen LogP contribution < -0.4 is 5.32 Å². The van der Waals surface area contributed by atoms with Gasteiger partial charge in [-0.15, -0.1) is 11.3 Å². The molecule has 3 rings (SSSR count). The Hall–Kier alpha value is -1.40. The number of likely N-dealkylation sites (tertiary alicyclic amines) is 1. The third-order valence-electron chi connectivity index (χ3n) is 5.36. The lowest BCUT2D eigenvalue weighted by molar-refractivity contribution is -0.137. The number of rotatable bonds is 5. The standard InChI is InChI=1S/C19H29N3O2S/c1-2-11-22(19(24)17-4-3-14-25-17)16-7-12-21(13-8-16)18(23)15-5-9-20-10-6-15/h3-4,14-16,20H,2,5-13H2,1H3. The number of nitrogens with one attached hydrogen (secondary N) is 1. The zero-order chi connectivity index (χ0) is 17.6. The van der Waals surface area contributed by atoms with Gasteiger partial charge >= 0.3 is 0 Å². The van der Waals surface area contributed by atoms with Crippen molar-refractivity contribution in [3.8, 4) is 0 Å². The highest BCUT2D eigenvalue weighted by Gasteiger charge is 2.32. The highest BCUT2D eigenvalue weighted by molar-refractivity contribution is 7.12. The molecular formula is C19H29N3O2S. The first-order chi connectivity index (χ1) is 12.2. The maximum Gasteiger partial charge on any atom is 0.264 e. The smallest absolute Gasteiger partial charge is 0.264 e. The van der Waals surface area contributed by atoms with Crippen LogP contribution in [0.5, 0.6) is 0 Å². The molecule has 0 bridgehead atoms. The molecule has 1 aromatic rings. The van der Waals surface area contributed by atoms with Crippen molar-refractivity contribution in [3.63, 3.8) is 0 Å². The molecule has 0 aliphatic carbocycles. The molecule has 5 nitrogen and oxygen atoms in total. The molecule has 0 unspecified atom stereocenters. The van der Waals surface area contributed by atoms with Crippen LogP contribution in [0, 0.1) is 5.92 Å². The van der Waals surface area contributed by atoms with E-state index in [4.69, 9.17) is 0 Å². The predicted molar refractivity (Wildman–Crippen MR) is 101 cm³/mol. The molecule has 0 aromatic carbocycles. The van der Waals surface area contributed by atoms with Gasteiger partial charge in [0.2, 0.25) is 5.91 Å². The zero-order valence-electron chi connectivity index (χ0n) is 15.1. The number of hydrogen-bond acceptors (Lipinski definition) is 4. The van der Waals surface area contributed by atoms with Crippen molar-refractivity contribution in [3.05, 3.63) is 22.4 Å². The minimum Gasteiger partial charge on any atom is -0.342 e. The zero-order valence-corrected chi connectivity index (χ0v) is 15.9. The summed E-state index contributed by atoms with van der Waals surface area (Å²) in [6, 6.07) is 4.10. The molecule has 1 N–H and O–H groups in total. The van der Waals surface area contributed by atoms with Crippen LogP contribution in [-0.2, 0) is 4.79 Å². The lowest BCUT2D eigenvalue weighted by Crippen LogP contribution is -2.50. The maximum absolute atomic E-state index is 12.8. The molecule has 25 heavy (non-hydrogen) atoms. The summed E-state index contributed by atoms with van der Waals surface area (Å²) in [5, 5.41) is 5.28. The molecule has 2 aliphatic rings. The summed E-state index contributed by atoms with van der Waals surface area (Å²) >= 11 is 1.51. The molecule has 2 saturated heterocycles. The van der Waals surface area contributed by atoms with Crippen molar-refractivity contribution in [2.24, 2.45) is 5.92 Å². The van der Waals surface area contributed by atoms with Crippen molar-refractivity contribution in [2.45, 2.75) is 45.1 Å². The van der Waals surface area contributed by atoms with E-state index in [9.17, 15) is 9.59 Å². The predicted octanol–water partition coefficient (Wildman–Crippen LogP) is 2.59. The van der Waals surface area contributed by atoms with Crippen molar-refractivity contribution < 1.29 is 9.59 Å². The summed E-state index contributed by atoms with van der Waals surface area (Å²) in [4.78, 5) is 30.4. The van der Waals surface area contributed by atoms with Crippen LogP contribution in [0.3, 0.4) is 0 Å². The second-order valence-corrected chi connectivity index (χ2v) is 8.00. The minimum absolute atomic E-state index is 0.153. The Morgan fingerprint density at radius 3 is 2.56 bits per heavy atom. The average Bonchev–Trinajstić information content (AvgIpc) is 3.21. The van der Waals surface area contributed by atoms with E-state index in [0.29, 0.717) is 5.91 Å². The van der Waals surface area contributed by atoms with Crippen molar-refractivity contribution in [1.82, 2.24) is 15.1 Å². The highest BCUT2D eigenvalue weighted by atomic mass is 32.1. The first-order valence-electron chi connectivity index (χ1n) is 9.54. The Balaban J connectivity index is 1.57. The van der Waals surface area contributed by atoms with Crippen molar-refractivity contribution >= 4 is 23.2 Å². The van der Waals surface area contributed by atoms with E-state index in [1.165, 1.54) is 11.3 Å². The molecule has 2 aliphatic heterocycles. The van der Waals surface area contributed by atoms with Gasteiger partial charge in [0, 0.05) is 31.6 Å². The number of carbonyl (C=O) groups excluding carboxylic acids is 2. The number of nitrogens with zero attached hydrogens (tertiary/aromatic N) is 2. The summed E-state index contributed by atoms with van der Waals surface area (Å²) in [6.07, 6.45) is 4.67. The van der Waals surface area contributed by atoms with Crippen molar-refractivity contribution in [2.75, 3.05) is 32.7 Å². The van der Waals surface area contributed by atoms with E-state index in [-0.39, 0.29) is 17.9 Å². The Kier molecular flexibility index (Phi) is 6.48. The van der Waals surface area contributed by atoms with E-state index >= 15 is 0 Å². The summed E-state index contributed by atoms with van der Waals surface area (Å²) in [5.41, 5.74) is 0. The molecule has 2 amide bonds. The Bertz CT molecular complexity index is 561. The number of thiophene rings is 1. The van der Waals surface area contributed by atoms with Crippen LogP contribution >= 0.6 is 11.3 Å². The summed E-state index contributed by atoms with van der Waals surface area (Å²) in [6.45, 7) is 6.38. The van der Waals surface area contributed by atoms with E-state index in [1.807, 2.05) is 27.3 Å². The topological polar surface area (TPSA) is 52.7 Å². The van der Waals surface area contributed by atoms with Gasteiger partial charge in [-0.25, -0.2) is 0 Å². The van der Waals surface area contributed by atoms with Gasteiger partial charge in [-0.05, 0) is 56.6 Å². The third kappa shape index (κ3) is 4.42. The van der Waals surface area contributed by atoms with Crippen LogP contribution in [0.2, 0.25) is 0 Å². The first-order valence-corrected chi connectivity index (χ1v) is 10.4. The van der Waals surface area contributed by atoms with Crippen LogP contribution in [0.1, 0.15) is 48.7 Å². The number of hydrogen-bond donors (Lipinski definition) is 1. The molecule has 2 fully saturated rings. The van der Waals surface area contributed by atoms with Gasteiger partial charge in [0.05, 0.1) is 4.88 Å². The summed E-state index contributed by atoms with van der Waals surface area (Å²) < 4.78 is 0. The quantitative estimate of drug-likeness (QED) is 0.875. The van der Waals surface area contributed by atoms with Crippen LogP contribution in [0.25, 0.3) is 0 Å². The van der Waals surface area contributed by atoms with Gasteiger partial charge in [-0.3, -0.25) is 9.59 Å². The highest BCUT2D eigenvalue weighted by Crippen LogP contribution is 2.24. The Morgan fingerprint density at radius 1 is 1.24 bits per heavy atom.